The summed E-state index contributed by atoms with van der Waals surface area (Å²) in [5, 5.41) is 0. The van der Waals surface area contributed by atoms with Gasteiger partial charge in [-0.2, -0.15) is 12.7 Å². The molecule has 6 heteroatoms. The lowest BCUT2D eigenvalue weighted by atomic mass is 10.1. The second kappa shape index (κ2) is 5.75. The first kappa shape index (κ1) is 13.6. The van der Waals surface area contributed by atoms with Gasteiger partial charge in [0.05, 0.1) is 6.04 Å². The van der Waals surface area contributed by atoms with Gasteiger partial charge in [0.1, 0.15) is 6.29 Å². The van der Waals surface area contributed by atoms with Crippen LogP contribution in [0.25, 0.3) is 0 Å². The fourth-order valence-electron chi connectivity index (χ4n) is 1.72. The zero-order chi connectivity index (χ0) is 12.2. The maximum atomic E-state index is 11.9. The first-order valence-electron chi connectivity index (χ1n) is 5.69. The number of nitrogens with zero attached hydrogens (tertiary/aromatic N) is 1. The predicted molar refractivity (Wildman–Crippen MR) is 62.2 cm³/mol. The molecule has 0 amide bonds. The number of rotatable bonds is 5. The van der Waals surface area contributed by atoms with Crippen LogP contribution in [0.2, 0.25) is 0 Å². The second-order valence-corrected chi connectivity index (χ2v) is 6.27. The maximum absolute atomic E-state index is 11.9. The van der Waals surface area contributed by atoms with E-state index in [-0.39, 0.29) is 5.92 Å². The smallest absolute Gasteiger partial charge is 0.280 e. The maximum Gasteiger partial charge on any atom is 0.280 e. The summed E-state index contributed by atoms with van der Waals surface area (Å²) in [5.41, 5.74) is 0. The third-order valence-electron chi connectivity index (χ3n) is 2.64. The number of hydrogen-bond acceptors (Lipinski definition) is 3. The highest BCUT2D eigenvalue weighted by atomic mass is 32.2. The Bertz CT molecular complexity index is 327. The Morgan fingerprint density at radius 2 is 2.12 bits per heavy atom. The van der Waals surface area contributed by atoms with Crippen LogP contribution < -0.4 is 4.72 Å². The normalized spacial score (nSPS) is 23.6. The van der Waals surface area contributed by atoms with E-state index in [0.717, 1.165) is 19.1 Å². The minimum absolute atomic E-state index is 0.259. The first-order valence-corrected chi connectivity index (χ1v) is 7.13. The SMILES string of the molecule is CC(C)CNS(=O)(=O)N1CCCCC1C=O. The summed E-state index contributed by atoms with van der Waals surface area (Å²) >= 11 is 0. The minimum Gasteiger partial charge on any atom is -0.302 e. The Kier molecular flexibility index (Phi) is 4.89. The quantitative estimate of drug-likeness (QED) is 0.722. The number of carbonyl (C=O) groups is 1. The van der Waals surface area contributed by atoms with Crippen LogP contribution in [-0.2, 0) is 15.0 Å². The summed E-state index contributed by atoms with van der Waals surface area (Å²) in [7, 11) is -3.49. The Morgan fingerprint density at radius 1 is 1.44 bits per heavy atom. The van der Waals surface area contributed by atoms with Crippen molar-refractivity contribution in [3.8, 4) is 0 Å². The van der Waals surface area contributed by atoms with E-state index in [2.05, 4.69) is 4.72 Å². The molecule has 1 fully saturated rings. The topological polar surface area (TPSA) is 66.5 Å². The van der Waals surface area contributed by atoms with Gasteiger partial charge in [-0.25, -0.2) is 4.72 Å². The third-order valence-corrected chi connectivity index (χ3v) is 4.24. The van der Waals surface area contributed by atoms with Crippen molar-refractivity contribution in [2.45, 2.75) is 39.2 Å². The molecule has 1 rings (SSSR count). The molecule has 1 aliphatic heterocycles. The fourth-order valence-corrected chi connectivity index (χ4v) is 3.31. The molecule has 0 aromatic rings. The number of piperidine rings is 1. The lowest BCUT2D eigenvalue weighted by Gasteiger charge is -2.31. The van der Waals surface area contributed by atoms with Crippen molar-refractivity contribution in [1.82, 2.24) is 9.03 Å². The van der Waals surface area contributed by atoms with E-state index in [1.165, 1.54) is 4.31 Å². The lowest BCUT2D eigenvalue weighted by Crippen LogP contribution is -2.50. The van der Waals surface area contributed by atoms with Crippen LogP contribution in [0.5, 0.6) is 0 Å². The molecule has 1 unspecified atom stereocenters. The van der Waals surface area contributed by atoms with Crippen molar-refractivity contribution in [2.75, 3.05) is 13.1 Å². The zero-order valence-electron chi connectivity index (χ0n) is 9.85. The van der Waals surface area contributed by atoms with Crippen molar-refractivity contribution < 1.29 is 13.2 Å². The molecule has 1 N–H and O–H groups in total. The molecule has 1 aliphatic rings. The van der Waals surface area contributed by atoms with Crippen LogP contribution in [0.3, 0.4) is 0 Å². The van der Waals surface area contributed by atoms with Crippen LogP contribution in [-0.4, -0.2) is 38.1 Å². The molecule has 0 aliphatic carbocycles. The average Bonchev–Trinajstić information content (AvgIpc) is 2.26. The average molecular weight is 248 g/mol. The van der Waals surface area contributed by atoms with Crippen molar-refractivity contribution in [3.05, 3.63) is 0 Å². The highest BCUT2D eigenvalue weighted by Crippen LogP contribution is 2.18. The van der Waals surface area contributed by atoms with Gasteiger partial charge in [0, 0.05) is 13.1 Å². The molecule has 0 aromatic carbocycles. The Labute approximate surface area is 97.4 Å². The highest BCUT2D eigenvalue weighted by Gasteiger charge is 2.31. The zero-order valence-corrected chi connectivity index (χ0v) is 10.7. The molecule has 5 nitrogen and oxygen atoms in total. The lowest BCUT2D eigenvalue weighted by molar-refractivity contribution is -0.111. The van der Waals surface area contributed by atoms with E-state index in [4.69, 9.17) is 0 Å². The van der Waals surface area contributed by atoms with E-state index in [1.54, 1.807) is 0 Å². The molecule has 0 aromatic heterocycles. The Balaban J connectivity index is 2.68. The third kappa shape index (κ3) is 3.54. The number of aldehydes is 1. The summed E-state index contributed by atoms with van der Waals surface area (Å²) in [4.78, 5) is 10.8. The van der Waals surface area contributed by atoms with Gasteiger partial charge < -0.3 is 4.79 Å². The van der Waals surface area contributed by atoms with E-state index >= 15 is 0 Å². The fraction of sp³-hybridized carbons (Fsp3) is 0.900. The van der Waals surface area contributed by atoms with Crippen molar-refractivity contribution >= 4 is 16.5 Å². The highest BCUT2D eigenvalue weighted by molar-refractivity contribution is 7.87. The van der Waals surface area contributed by atoms with Gasteiger partial charge in [-0.3, -0.25) is 0 Å². The van der Waals surface area contributed by atoms with Gasteiger partial charge in [-0.1, -0.05) is 20.3 Å². The number of hydrogen-bond donors (Lipinski definition) is 1. The second-order valence-electron chi connectivity index (χ2n) is 4.56. The molecule has 16 heavy (non-hydrogen) atoms. The molecule has 0 saturated carbocycles. The van der Waals surface area contributed by atoms with Crippen molar-refractivity contribution in [3.63, 3.8) is 0 Å². The molecule has 0 spiro atoms. The van der Waals surface area contributed by atoms with E-state index in [9.17, 15) is 13.2 Å². The summed E-state index contributed by atoms with van der Waals surface area (Å²) in [6.07, 6.45) is 3.10. The molecular formula is C10H20N2O3S. The van der Waals surface area contributed by atoms with Gasteiger partial charge in [-0.05, 0) is 18.8 Å². The molecule has 0 radical (unpaired) electrons. The summed E-state index contributed by atoms with van der Waals surface area (Å²) in [5.74, 6) is 0.259. The largest absolute Gasteiger partial charge is 0.302 e. The van der Waals surface area contributed by atoms with E-state index < -0.39 is 16.3 Å². The molecule has 1 atom stereocenters. The van der Waals surface area contributed by atoms with Crippen LogP contribution in [0.4, 0.5) is 0 Å². The molecule has 0 bridgehead atoms. The summed E-state index contributed by atoms with van der Waals surface area (Å²) in [6, 6.07) is -0.488. The van der Waals surface area contributed by atoms with Crippen molar-refractivity contribution in [2.24, 2.45) is 5.92 Å². The Morgan fingerprint density at radius 3 is 2.69 bits per heavy atom. The van der Waals surface area contributed by atoms with Gasteiger partial charge in [-0.15, -0.1) is 0 Å². The molecule has 1 heterocycles. The van der Waals surface area contributed by atoms with Crippen LogP contribution >= 0.6 is 0 Å². The van der Waals surface area contributed by atoms with Gasteiger partial charge in [0.2, 0.25) is 0 Å². The van der Waals surface area contributed by atoms with Crippen molar-refractivity contribution in [1.29, 1.82) is 0 Å². The standard InChI is InChI=1S/C10H20N2O3S/c1-9(2)7-11-16(14,15)12-6-4-3-5-10(12)8-13/h8-11H,3-7H2,1-2H3. The summed E-state index contributed by atoms with van der Waals surface area (Å²) in [6.45, 7) is 4.73. The molecular weight excluding hydrogens is 228 g/mol. The number of carbonyl (C=O) groups excluding carboxylic acids is 1. The Hall–Kier alpha value is -0.460. The predicted octanol–water partition coefficient (Wildman–Crippen LogP) is 0.530. The van der Waals surface area contributed by atoms with E-state index in [1.807, 2.05) is 13.8 Å². The minimum atomic E-state index is -3.49. The summed E-state index contributed by atoms with van der Waals surface area (Å²) < 4.78 is 27.6. The van der Waals surface area contributed by atoms with Gasteiger partial charge >= 0.3 is 0 Å². The van der Waals surface area contributed by atoms with Crippen LogP contribution in [0.15, 0.2) is 0 Å². The van der Waals surface area contributed by atoms with Gasteiger partial charge in [0.25, 0.3) is 10.2 Å². The van der Waals surface area contributed by atoms with Crippen LogP contribution in [0.1, 0.15) is 33.1 Å². The van der Waals surface area contributed by atoms with E-state index in [0.29, 0.717) is 19.5 Å². The molecule has 1 saturated heterocycles. The van der Waals surface area contributed by atoms with Crippen LogP contribution in [0, 0.1) is 5.92 Å². The monoisotopic (exact) mass is 248 g/mol. The molecule has 94 valence electrons. The van der Waals surface area contributed by atoms with Gasteiger partial charge in [0.15, 0.2) is 0 Å². The number of nitrogens with one attached hydrogen (secondary N) is 1. The first-order chi connectivity index (χ1) is 7.47.